The van der Waals surface area contributed by atoms with Gasteiger partial charge in [0.1, 0.15) is 5.60 Å². The lowest BCUT2D eigenvalue weighted by atomic mass is 10.1. The molecular formula is C22H36N4O4. The van der Waals surface area contributed by atoms with Crippen LogP contribution >= 0.6 is 0 Å². The minimum absolute atomic E-state index is 0.290. The summed E-state index contributed by atoms with van der Waals surface area (Å²) in [5, 5.41) is 9.17. The van der Waals surface area contributed by atoms with E-state index in [9.17, 15) is 4.79 Å². The number of ether oxygens (including phenoxy) is 3. The van der Waals surface area contributed by atoms with Crippen molar-refractivity contribution < 1.29 is 19.0 Å². The summed E-state index contributed by atoms with van der Waals surface area (Å²) >= 11 is 0. The number of nitrogens with one attached hydrogen (secondary N) is 3. The van der Waals surface area contributed by atoms with Crippen molar-refractivity contribution in [1.82, 2.24) is 16.0 Å². The quantitative estimate of drug-likeness (QED) is 0.340. The molecular weight excluding hydrogens is 384 g/mol. The van der Waals surface area contributed by atoms with Crippen molar-refractivity contribution in [3.63, 3.8) is 0 Å². The van der Waals surface area contributed by atoms with Crippen molar-refractivity contribution in [2.24, 2.45) is 4.99 Å². The molecule has 0 aromatic heterocycles. The van der Waals surface area contributed by atoms with E-state index in [0.717, 1.165) is 37.2 Å². The molecule has 1 aliphatic heterocycles. The smallest absolute Gasteiger partial charge is 0.407 e. The largest absolute Gasteiger partial charge is 0.444 e. The molecule has 1 saturated heterocycles. The van der Waals surface area contributed by atoms with Gasteiger partial charge in [0.25, 0.3) is 0 Å². The zero-order valence-electron chi connectivity index (χ0n) is 18.6. The molecule has 1 aromatic rings. The number of alkyl carbamates (subject to hydrolysis) is 1. The van der Waals surface area contributed by atoms with E-state index in [1.807, 2.05) is 26.8 Å². The average Bonchev–Trinajstić information content (AvgIpc) is 2.71. The predicted octanol–water partition coefficient (Wildman–Crippen LogP) is 2.57. The Morgan fingerprint density at radius 1 is 1.13 bits per heavy atom. The van der Waals surface area contributed by atoms with Gasteiger partial charge in [0.2, 0.25) is 0 Å². The summed E-state index contributed by atoms with van der Waals surface area (Å²) in [6.45, 7) is 9.31. The van der Waals surface area contributed by atoms with E-state index < -0.39 is 11.7 Å². The Balaban J connectivity index is 1.68. The van der Waals surface area contributed by atoms with Crippen molar-refractivity contribution in [1.29, 1.82) is 0 Å². The van der Waals surface area contributed by atoms with Crippen LogP contribution in [0.1, 0.15) is 44.7 Å². The first-order valence-electron chi connectivity index (χ1n) is 10.5. The maximum atomic E-state index is 11.6. The molecule has 168 valence electrons. The lowest BCUT2D eigenvalue weighted by molar-refractivity contribution is -0.0390. The van der Waals surface area contributed by atoms with Gasteiger partial charge >= 0.3 is 6.09 Å². The van der Waals surface area contributed by atoms with Crippen LogP contribution in [0.15, 0.2) is 29.3 Å². The fraction of sp³-hybridized carbons (Fsp3) is 0.636. The van der Waals surface area contributed by atoms with Gasteiger partial charge in [0.05, 0.1) is 12.7 Å². The molecule has 0 spiro atoms. The summed E-state index contributed by atoms with van der Waals surface area (Å²) in [5.74, 6) is 0.671. The fourth-order valence-electron chi connectivity index (χ4n) is 2.95. The Hall–Kier alpha value is -2.32. The normalized spacial score (nSPS) is 15.5. The number of rotatable bonds is 8. The molecule has 1 aliphatic rings. The number of aliphatic imine (C=N–C) groups is 1. The zero-order valence-corrected chi connectivity index (χ0v) is 18.6. The van der Waals surface area contributed by atoms with E-state index >= 15 is 0 Å². The number of hydrogen-bond donors (Lipinski definition) is 3. The molecule has 1 aromatic carbocycles. The van der Waals surface area contributed by atoms with Gasteiger partial charge in [-0.15, -0.1) is 0 Å². The number of hydrogen-bond acceptors (Lipinski definition) is 5. The summed E-state index contributed by atoms with van der Waals surface area (Å²) in [5.41, 5.74) is 1.81. The van der Waals surface area contributed by atoms with Gasteiger partial charge in [-0.2, -0.15) is 0 Å². The van der Waals surface area contributed by atoms with Crippen LogP contribution < -0.4 is 16.0 Å². The molecule has 0 aliphatic carbocycles. The second-order valence-corrected chi connectivity index (χ2v) is 8.22. The minimum Gasteiger partial charge on any atom is -0.444 e. The van der Waals surface area contributed by atoms with Crippen molar-refractivity contribution in [2.75, 3.05) is 33.4 Å². The van der Waals surface area contributed by atoms with Gasteiger partial charge in [0.15, 0.2) is 5.96 Å². The lowest BCUT2D eigenvalue weighted by Crippen LogP contribution is -2.42. The first kappa shape index (κ1) is 24.0. The highest BCUT2D eigenvalue weighted by molar-refractivity contribution is 5.79. The molecule has 8 heteroatoms. The Bertz CT molecular complexity index is 682. The molecule has 0 radical (unpaired) electrons. The van der Waals surface area contributed by atoms with Crippen molar-refractivity contribution >= 4 is 12.1 Å². The van der Waals surface area contributed by atoms with E-state index in [1.54, 1.807) is 7.05 Å². The third-order valence-corrected chi connectivity index (χ3v) is 4.41. The lowest BCUT2D eigenvalue weighted by Gasteiger charge is -2.22. The summed E-state index contributed by atoms with van der Waals surface area (Å²) in [7, 11) is 1.72. The molecule has 1 heterocycles. The summed E-state index contributed by atoms with van der Waals surface area (Å²) < 4.78 is 16.6. The van der Waals surface area contributed by atoms with Crippen LogP contribution in [0.25, 0.3) is 0 Å². The minimum atomic E-state index is -0.500. The molecule has 0 bridgehead atoms. The third kappa shape index (κ3) is 9.93. The monoisotopic (exact) mass is 420 g/mol. The van der Waals surface area contributed by atoms with E-state index in [1.165, 1.54) is 0 Å². The van der Waals surface area contributed by atoms with Gasteiger partial charge in [0, 0.05) is 39.9 Å². The van der Waals surface area contributed by atoms with Gasteiger partial charge < -0.3 is 30.2 Å². The third-order valence-electron chi connectivity index (χ3n) is 4.41. The molecule has 0 saturated carbocycles. The van der Waals surface area contributed by atoms with Crippen LogP contribution in [0, 0.1) is 0 Å². The SMILES string of the molecule is CN=C(NCCNC(=O)OC(C)(C)C)NCc1cccc(COC2CCOCC2)c1. The summed E-state index contributed by atoms with van der Waals surface area (Å²) in [6.07, 6.45) is 1.79. The number of amides is 1. The Kier molecular flexibility index (Phi) is 9.89. The number of benzene rings is 1. The van der Waals surface area contributed by atoms with Crippen LogP contribution in [-0.4, -0.2) is 57.1 Å². The summed E-state index contributed by atoms with van der Waals surface area (Å²) in [6, 6.07) is 8.34. The van der Waals surface area contributed by atoms with Gasteiger partial charge in [-0.3, -0.25) is 4.99 Å². The van der Waals surface area contributed by atoms with Crippen molar-refractivity contribution in [2.45, 2.75) is 58.5 Å². The van der Waals surface area contributed by atoms with E-state index in [2.05, 4.69) is 39.1 Å². The van der Waals surface area contributed by atoms with Gasteiger partial charge in [-0.25, -0.2) is 4.79 Å². The second kappa shape index (κ2) is 12.4. The van der Waals surface area contributed by atoms with Crippen LogP contribution in [0.4, 0.5) is 4.79 Å². The number of carbonyl (C=O) groups excluding carboxylic acids is 1. The number of guanidine groups is 1. The summed E-state index contributed by atoms with van der Waals surface area (Å²) in [4.78, 5) is 15.9. The maximum absolute atomic E-state index is 11.6. The van der Waals surface area contributed by atoms with Crippen molar-refractivity contribution in [3.8, 4) is 0 Å². The van der Waals surface area contributed by atoms with Gasteiger partial charge in [-0.05, 0) is 44.7 Å². The first-order chi connectivity index (χ1) is 14.4. The average molecular weight is 421 g/mol. The molecule has 30 heavy (non-hydrogen) atoms. The van der Waals surface area contributed by atoms with Crippen LogP contribution in [0.3, 0.4) is 0 Å². The molecule has 0 unspecified atom stereocenters. The molecule has 1 fully saturated rings. The van der Waals surface area contributed by atoms with Crippen LogP contribution in [0.2, 0.25) is 0 Å². The highest BCUT2D eigenvalue weighted by atomic mass is 16.6. The standard InChI is InChI=1S/C22H36N4O4/c1-22(2,3)30-21(27)25-11-10-24-20(23-4)26-15-17-6-5-7-18(14-17)16-29-19-8-12-28-13-9-19/h5-7,14,19H,8-13,15-16H2,1-4H3,(H,25,27)(H2,23,24,26). The highest BCUT2D eigenvalue weighted by Gasteiger charge is 2.15. The Labute approximate surface area is 179 Å². The predicted molar refractivity (Wildman–Crippen MR) is 118 cm³/mol. The van der Waals surface area contributed by atoms with Gasteiger partial charge in [-0.1, -0.05) is 24.3 Å². The van der Waals surface area contributed by atoms with Crippen LogP contribution in [0.5, 0.6) is 0 Å². The zero-order chi connectivity index (χ0) is 21.8. The Morgan fingerprint density at radius 2 is 1.83 bits per heavy atom. The Morgan fingerprint density at radius 3 is 2.53 bits per heavy atom. The molecule has 3 N–H and O–H groups in total. The molecule has 0 atom stereocenters. The molecule has 8 nitrogen and oxygen atoms in total. The van der Waals surface area contributed by atoms with E-state index in [4.69, 9.17) is 14.2 Å². The fourth-order valence-corrected chi connectivity index (χ4v) is 2.95. The second-order valence-electron chi connectivity index (χ2n) is 8.22. The topological polar surface area (TPSA) is 93.2 Å². The van der Waals surface area contributed by atoms with Crippen LogP contribution in [-0.2, 0) is 27.4 Å². The molecule has 1 amide bonds. The molecule has 2 rings (SSSR count). The van der Waals surface area contributed by atoms with E-state index in [0.29, 0.717) is 32.2 Å². The maximum Gasteiger partial charge on any atom is 0.407 e. The first-order valence-corrected chi connectivity index (χ1v) is 10.5. The number of nitrogens with zero attached hydrogens (tertiary/aromatic N) is 1. The van der Waals surface area contributed by atoms with E-state index in [-0.39, 0.29) is 6.10 Å². The van der Waals surface area contributed by atoms with Crippen molar-refractivity contribution in [3.05, 3.63) is 35.4 Å². The number of carbonyl (C=O) groups is 1. The highest BCUT2D eigenvalue weighted by Crippen LogP contribution is 2.14.